The molecule has 0 saturated carbocycles. The molecule has 1 heterocycles. The fourth-order valence-electron chi connectivity index (χ4n) is 2.09. The molecule has 1 aromatic carbocycles. The Bertz CT molecular complexity index is 664. The van der Waals surface area contributed by atoms with Gasteiger partial charge >= 0.3 is 0 Å². The van der Waals surface area contributed by atoms with Gasteiger partial charge in [-0.15, -0.1) is 11.3 Å². The summed E-state index contributed by atoms with van der Waals surface area (Å²) in [6.07, 6.45) is 1.74. The lowest BCUT2D eigenvalue weighted by molar-refractivity contribution is 0.358. The quantitative estimate of drug-likeness (QED) is 0.464. The molecule has 0 unspecified atom stereocenters. The number of ether oxygens (including phenoxy) is 1. The number of guanidine groups is 1. The molecule has 5 heteroatoms. The topological polar surface area (TPSA) is 45.6 Å². The number of thiophene rings is 1. The zero-order valence-corrected chi connectivity index (χ0v) is 14.5. The fraction of sp³-hybridized carbons (Fsp3) is 0.278. The van der Waals surface area contributed by atoms with Crippen molar-refractivity contribution in [2.45, 2.75) is 20.0 Å². The maximum Gasteiger partial charge on any atom is 0.191 e. The molecular weight excluding hydrogens is 306 g/mol. The van der Waals surface area contributed by atoms with Crippen molar-refractivity contribution in [1.82, 2.24) is 10.6 Å². The van der Waals surface area contributed by atoms with E-state index in [0.29, 0.717) is 13.2 Å². The van der Waals surface area contributed by atoms with Crippen LogP contribution < -0.4 is 15.4 Å². The molecule has 0 radical (unpaired) electrons. The summed E-state index contributed by atoms with van der Waals surface area (Å²) < 4.78 is 5.67. The Labute approximate surface area is 141 Å². The van der Waals surface area contributed by atoms with Crippen LogP contribution in [0.15, 0.2) is 53.4 Å². The van der Waals surface area contributed by atoms with Crippen LogP contribution in [0.5, 0.6) is 5.75 Å². The molecule has 2 rings (SSSR count). The maximum atomic E-state index is 5.67. The summed E-state index contributed by atoms with van der Waals surface area (Å²) in [5.74, 6) is 1.64. The second-order valence-corrected chi connectivity index (χ2v) is 6.01. The van der Waals surface area contributed by atoms with Crippen LogP contribution in [-0.2, 0) is 13.1 Å². The largest absolute Gasteiger partial charge is 0.489 e. The molecule has 0 atom stereocenters. The minimum atomic E-state index is 0.502. The van der Waals surface area contributed by atoms with Crippen molar-refractivity contribution in [1.29, 1.82) is 0 Å². The van der Waals surface area contributed by atoms with Crippen LogP contribution in [0.4, 0.5) is 0 Å². The predicted molar refractivity (Wildman–Crippen MR) is 98.2 cm³/mol. The smallest absolute Gasteiger partial charge is 0.191 e. The Kier molecular flexibility index (Phi) is 6.69. The Morgan fingerprint density at radius 1 is 1.26 bits per heavy atom. The van der Waals surface area contributed by atoms with Gasteiger partial charge in [0, 0.05) is 24.0 Å². The number of aliphatic imine (C=N–C) groups is 1. The molecule has 0 amide bonds. The lowest BCUT2D eigenvalue weighted by Crippen LogP contribution is -2.36. The summed E-state index contributed by atoms with van der Waals surface area (Å²) in [6.45, 7) is 7.73. The van der Waals surface area contributed by atoms with Crippen molar-refractivity contribution in [2.24, 2.45) is 4.99 Å². The van der Waals surface area contributed by atoms with E-state index in [-0.39, 0.29) is 0 Å². The highest BCUT2D eigenvalue weighted by molar-refractivity contribution is 7.10. The van der Waals surface area contributed by atoms with Gasteiger partial charge in [-0.2, -0.15) is 0 Å². The highest BCUT2D eigenvalue weighted by Gasteiger charge is 2.05. The van der Waals surface area contributed by atoms with Gasteiger partial charge in [-0.25, -0.2) is 0 Å². The van der Waals surface area contributed by atoms with Crippen LogP contribution in [0.2, 0.25) is 0 Å². The molecule has 122 valence electrons. The van der Waals surface area contributed by atoms with Crippen molar-refractivity contribution >= 4 is 17.3 Å². The van der Waals surface area contributed by atoms with E-state index in [1.165, 1.54) is 10.4 Å². The molecule has 2 N–H and O–H groups in total. The van der Waals surface area contributed by atoms with Crippen LogP contribution in [0.1, 0.15) is 16.0 Å². The lowest BCUT2D eigenvalue weighted by Gasteiger charge is -2.14. The zero-order valence-electron chi connectivity index (χ0n) is 13.6. The number of nitrogens with one attached hydrogen (secondary N) is 2. The minimum absolute atomic E-state index is 0.502. The number of benzene rings is 1. The number of hydrogen-bond donors (Lipinski definition) is 2. The molecule has 0 spiro atoms. The van der Waals surface area contributed by atoms with Gasteiger partial charge < -0.3 is 15.4 Å². The number of hydrogen-bond acceptors (Lipinski definition) is 3. The standard InChI is InChI=1S/C18H23N3OS/c1-4-10-22-16-8-6-5-7-15(16)12-20-18(19-3)21-13-17-14(2)9-11-23-17/h4-9,11H,1,10,12-13H2,2-3H3,(H2,19,20,21). The monoisotopic (exact) mass is 329 g/mol. The summed E-state index contributed by atoms with van der Waals surface area (Å²) >= 11 is 1.75. The summed E-state index contributed by atoms with van der Waals surface area (Å²) in [5, 5.41) is 8.77. The highest BCUT2D eigenvalue weighted by Crippen LogP contribution is 2.18. The Morgan fingerprint density at radius 3 is 2.74 bits per heavy atom. The lowest BCUT2D eigenvalue weighted by atomic mass is 10.2. The van der Waals surface area contributed by atoms with Crippen LogP contribution in [0.25, 0.3) is 0 Å². The molecule has 0 saturated heterocycles. The normalized spacial score (nSPS) is 11.1. The van der Waals surface area contributed by atoms with Crippen molar-refractivity contribution < 1.29 is 4.74 Å². The van der Waals surface area contributed by atoms with E-state index in [1.54, 1.807) is 24.5 Å². The SMILES string of the molecule is C=CCOc1ccccc1CNC(=NC)NCc1sccc1C. The first-order valence-electron chi connectivity index (χ1n) is 7.53. The number of nitrogens with zero attached hydrogens (tertiary/aromatic N) is 1. The van der Waals surface area contributed by atoms with Gasteiger partial charge in [-0.1, -0.05) is 30.9 Å². The van der Waals surface area contributed by atoms with Crippen LogP contribution >= 0.6 is 11.3 Å². The second-order valence-electron chi connectivity index (χ2n) is 5.01. The van der Waals surface area contributed by atoms with E-state index in [0.717, 1.165) is 23.8 Å². The summed E-state index contributed by atoms with van der Waals surface area (Å²) in [5.41, 5.74) is 2.39. The third-order valence-electron chi connectivity index (χ3n) is 3.38. The van der Waals surface area contributed by atoms with Crippen molar-refractivity contribution in [3.05, 3.63) is 64.4 Å². The van der Waals surface area contributed by atoms with Gasteiger partial charge in [0.2, 0.25) is 0 Å². The first-order chi connectivity index (χ1) is 11.2. The molecule has 2 aromatic rings. The summed E-state index contributed by atoms with van der Waals surface area (Å²) in [4.78, 5) is 5.59. The molecule has 23 heavy (non-hydrogen) atoms. The van der Waals surface area contributed by atoms with E-state index in [9.17, 15) is 0 Å². The molecular formula is C18H23N3OS. The third-order valence-corrected chi connectivity index (χ3v) is 4.41. The molecule has 4 nitrogen and oxygen atoms in total. The number of aryl methyl sites for hydroxylation is 1. The van der Waals surface area contributed by atoms with Gasteiger partial charge in [-0.3, -0.25) is 4.99 Å². The Morgan fingerprint density at radius 2 is 2.04 bits per heavy atom. The van der Waals surface area contributed by atoms with E-state index in [1.807, 2.05) is 24.3 Å². The highest BCUT2D eigenvalue weighted by atomic mass is 32.1. The van der Waals surface area contributed by atoms with E-state index >= 15 is 0 Å². The van der Waals surface area contributed by atoms with Gasteiger partial charge in [0.15, 0.2) is 5.96 Å². The first kappa shape index (κ1) is 17.1. The molecule has 0 aliphatic carbocycles. The van der Waals surface area contributed by atoms with Crippen LogP contribution in [0, 0.1) is 6.92 Å². The summed E-state index contributed by atoms with van der Waals surface area (Å²) in [6, 6.07) is 10.1. The minimum Gasteiger partial charge on any atom is -0.489 e. The van der Waals surface area contributed by atoms with E-state index in [4.69, 9.17) is 4.74 Å². The van der Waals surface area contributed by atoms with E-state index < -0.39 is 0 Å². The summed E-state index contributed by atoms with van der Waals surface area (Å²) in [7, 11) is 1.77. The molecule has 0 fully saturated rings. The molecule has 0 aliphatic heterocycles. The van der Waals surface area contributed by atoms with Crippen molar-refractivity contribution in [2.75, 3.05) is 13.7 Å². The molecule has 0 bridgehead atoms. The fourth-order valence-corrected chi connectivity index (χ4v) is 2.93. The average Bonchev–Trinajstić information content (AvgIpc) is 2.99. The predicted octanol–water partition coefficient (Wildman–Crippen LogP) is 3.49. The van der Waals surface area contributed by atoms with Crippen LogP contribution in [0.3, 0.4) is 0 Å². The zero-order chi connectivity index (χ0) is 16.5. The maximum absolute atomic E-state index is 5.67. The van der Waals surface area contributed by atoms with Gasteiger partial charge in [0.25, 0.3) is 0 Å². The number of rotatable bonds is 7. The van der Waals surface area contributed by atoms with Gasteiger partial charge in [0.05, 0.1) is 6.54 Å². The average molecular weight is 329 g/mol. The first-order valence-corrected chi connectivity index (χ1v) is 8.41. The van der Waals surface area contributed by atoms with Gasteiger partial charge in [-0.05, 0) is 30.0 Å². The molecule has 0 aliphatic rings. The second kappa shape index (κ2) is 9.00. The third kappa shape index (κ3) is 5.14. The van der Waals surface area contributed by atoms with Crippen molar-refractivity contribution in [3.63, 3.8) is 0 Å². The van der Waals surface area contributed by atoms with Crippen molar-refractivity contribution in [3.8, 4) is 5.75 Å². The molecule has 1 aromatic heterocycles. The van der Waals surface area contributed by atoms with Gasteiger partial charge in [0.1, 0.15) is 12.4 Å². The van der Waals surface area contributed by atoms with E-state index in [2.05, 4.69) is 40.6 Å². The Balaban J connectivity index is 1.90. The number of para-hydroxylation sites is 1. The Hall–Kier alpha value is -2.27. The van der Waals surface area contributed by atoms with Crippen LogP contribution in [-0.4, -0.2) is 19.6 Å².